The van der Waals surface area contributed by atoms with E-state index in [1.807, 2.05) is 12.1 Å². The summed E-state index contributed by atoms with van der Waals surface area (Å²) in [5.74, 6) is 0.709. The average molecular weight is 321 g/mol. The number of rotatable bonds is 6. The summed E-state index contributed by atoms with van der Waals surface area (Å²) in [5.41, 5.74) is 0. The summed E-state index contributed by atoms with van der Waals surface area (Å²) in [5, 5.41) is 6.04. The molecule has 6 heteroatoms. The maximum atomic E-state index is 12.3. The molecule has 3 rings (SSSR count). The van der Waals surface area contributed by atoms with E-state index in [1.165, 1.54) is 25.7 Å². The lowest BCUT2D eigenvalue weighted by molar-refractivity contribution is 0.156. The molecule has 2 N–H and O–H groups in total. The summed E-state index contributed by atoms with van der Waals surface area (Å²) in [4.78, 5) is 14.8. The molecule has 2 heterocycles. The number of carbonyl (C=O) groups excluding carboxylic acids is 1. The van der Waals surface area contributed by atoms with Gasteiger partial charge in [0.05, 0.1) is 12.9 Å². The molecule has 2 atom stereocenters. The number of nitrogens with one attached hydrogen (secondary N) is 2. The van der Waals surface area contributed by atoms with Crippen LogP contribution in [0.5, 0.6) is 0 Å². The lowest BCUT2D eigenvalue weighted by Crippen LogP contribution is -2.45. The number of hydrogen-bond acceptors (Lipinski definition) is 4. The maximum absolute atomic E-state index is 12.3. The molecule has 2 aliphatic rings. The van der Waals surface area contributed by atoms with Crippen molar-refractivity contribution < 1.29 is 13.9 Å². The van der Waals surface area contributed by atoms with Crippen LogP contribution in [0.25, 0.3) is 0 Å². The van der Waals surface area contributed by atoms with Crippen LogP contribution in [0.2, 0.25) is 0 Å². The third kappa shape index (κ3) is 4.26. The van der Waals surface area contributed by atoms with Crippen molar-refractivity contribution in [2.45, 2.75) is 50.2 Å². The van der Waals surface area contributed by atoms with Gasteiger partial charge >= 0.3 is 6.03 Å². The van der Waals surface area contributed by atoms with Crippen molar-refractivity contribution in [1.82, 2.24) is 15.5 Å². The summed E-state index contributed by atoms with van der Waals surface area (Å²) in [6, 6.07) is 4.21. The molecule has 1 aromatic rings. The Morgan fingerprint density at radius 3 is 2.96 bits per heavy atom. The molecule has 1 aromatic heterocycles. The quantitative estimate of drug-likeness (QED) is 0.843. The highest BCUT2D eigenvalue weighted by Crippen LogP contribution is 2.26. The third-order valence-electron chi connectivity index (χ3n) is 4.92. The van der Waals surface area contributed by atoms with E-state index in [0.717, 1.165) is 25.6 Å². The molecule has 23 heavy (non-hydrogen) atoms. The number of methoxy groups -OCH3 is 1. The first kappa shape index (κ1) is 16.3. The highest BCUT2D eigenvalue weighted by atomic mass is 16.5. The Labute approximate surface area is 137 Å². The molecule has 0 bridgehead atoms. The van der Waals surface area contributed by atoms with E-state index in [4.69, 9.17) is 9.15 Å². The minimum Gasteiger partial charge on any atom is -0.467 e. The van der Waals surface area contributed by atoms with Crippen LogP contribution >= 0.6 is 0 Å². The Hall–Kier alpha value is -1.53. The van der Waals surface area contributed by atoms with Crippen molar-refractivity contribution >= 4 is 6.03 Å². The number of nitrogens with zero attached hydrogens (tertiary/aromatic N) is 1. The van der Waals surface area contributed by atoms with Gasteiger partial charge in [0, 0.05) is 32.3 Å². The number of ether oxygens (including phenoxy) is 1. The van der Waals surface area contributed by atoms with Gasteiger partial charge in [-0.25, -0.2) is 4.79 Å². The Bertz CT molecular complexity index is 485. The molecule has 6 nitrogen and oxygen atoms in total. The summed E-state index contributed by atoms with van der Waals surface area (Å²) in [6.07, 6.45) is 7.96. The second-order valence-electron chi connectivity index (χ2n) is 6.56. The van der Waals surface area contributed by atoms with Crippen molar-refractivity contribution in [3.05, 3.63) is 24.2 Å². The molecular weight excluding hydrogens is 294 g/mol. The zero-order chi connectivity index (χ0) is 16.1. The Kier molecular flexibility index (Phi) is 5.56. The highest BCUT2D eigenvalue weighted by molar-refractivity contribution is 5.74. The van der Waals surface area contributed by atoms with E-state index in [9.17, 15) is 4.79 Å². The van der Waals surface area contributed by atoms with Crippen molar-refractivity contribution in [3.63, 3.8) is 0 Å². The van der Waals surface area contributed by atoms with Gasteiger partial charge in [0.2, 0.25) is 0 Å². The molecule has 0 radical (unpaired) electrons. The van der Waals surface area contributed by atoms with E-state index in [1.54, 1.807) is 13.4 Å². The summed E-state index contributed by atoms with van der Waals surface area (Å²) in [7, 11) is 1.62. The average Bonchev–Trinajstić information content (AvgIpc) is 3.28. The largest absolute Gasteiger partial charge is 0.467 e. The van der Waals surface area contributed by atoms with Crippen LogP contribution in [0.4, 0.5) is 4.79 Å². The first-order chi connectivity index (χ1) is 11.3. The summed E-state index contributed by atoms with van der Waals surface area (Å²) in [6.45, 7) is 2.45. The van der Waals surface area contributed by atoms with Crippen molar-refractivity contribution in [1.29, 1.82) is 0 Å². The van der Waals surface area contributed by atoms with Crippen LogP contribution in [0.15, 0.2) is 22.8 Å². The second-order valence-corrected chi connectivity index (χ2v) is 6.56. The van der Waals surface area contributed by atoms with Gasteiger partial charge < -0.3 is 19.8 Å². The van der Waals surface area contributed by atoms with Gasteiger partial charge in [-0.15, -0.1) is 0 Å². The fourth-order valence-electron chi connectivity index (χ4n) is 3.74. The molecular formula is C17H27N3O3. The van der Waals surface area contributed by atoms with E-state index < -0.39 is 0 Å². The number of urea groups is 1. The van der Waals surface area contributed by atoms with E-state index in [2.05, 4.69) is 15.5 Å². The second kappa shape index (κ2) is 7.84. The Morgan fingerprint density at radius 1 is 1.43 bits per heavy atom. The van der Waals surface area contributed by atoms with Crippen molar-refractivity contribution in [3.8, 4) is 0 Å². The van der Waals surface area contributed by atoms with Crippen LogP contribution in [-0.2, 0) is 4.74 Å². The van der Waals surface area contributed by atoms with Crippen LogP contribution < -0.4 is 10.6 Å². The summed E-state index contributed by atoms with van der Waals surface area (Å²) < 4.78 is 10.5. The Morgan fingerprint density at radius 2 is 2.26 bits per heavy atom. The molecule has 1 saturated heterocycles. The van der Waals surface area contributed by atoms with Gasteiger partial charge in [-0.1, -0.05) is 12.8 Å². The van der Waals surface area contributed by atoms with Crippen LogP contribution in [0.1, 0.15) is 43.9 Å². The zero-order valence-electron chi connectivity index (χ0n) is 13.8. The fourth-order valence-corrected chi connectivity index (χ4v) is 3.74. The molecule has 1 aliphatic heterocycles. The van der Waals surface area contributed by atoms with Crippen molar-refractivity contribution in [2.75, 3.05) is 26.8 Å². The van der Waals surface area contributed by atoms with E-state index >= 15 is 0 Å². The maximum Gasteiger partial charge on any atom is 0.315 e. The molecule has 0 spiro atoms. The zero-order valence-corrected chi connectivity index (χ0v) is 13.8. The molecule has 128 valence electrons. The summed E-state index contributed by atoms with van der Waals surface area (Å²) >= 11 is 0. The minimum atomic E-state index is -0.262. The number of amides is 2. The predicted molar refractivity (Wildman–Crippen MR) is 87.2 cm³/mol. The van der Waals surface area contributed by atoms with Gasteiger partial charge in [-0.3, -0.25) is 4.90 Å². The predicted octanol–water partition coefficient (Wildman–Crippen LogP) is 2.28. The number of likely N-dealkylation sites (tertiary alicyclic amines) is 1. The normalized spacial score (nSPS) is 24.0. The first-order valence-electron chi connectivity index (χ1n) is 8.59. The number of furan rings is 1. The SMILES string of the molecule is COC[C@@H](NC(=O)N[C@H]1CCN(C2CCCC2)C1)c1ccco1. The van der Waals surface area contributed by atoms with Gasteiger partial charge in [-0.2, -0.15) is 0 Å². The topological polar surface area (TPSA) is 66.7 Å². The van der Waals surface area contributed by atoms with Crippen LogP contribution in [0.3, 0.4) is 0 Å². The Balaban J connectivity index is 1.47. The third-order valence-corrected chi connectivity index (χ3v) is 4.92. The standard InChI is InChI=1S/C17H27N3O3/c1-22-12-15(16-7-4-10-23-16)19-17(21)18-13-8-9-20(11-13)14-5-2-3-6-14/h4,7,10,13-15H,2-3,5-6,8-9,11-12H2,1H3,(H2,18,19,21)/t13-,15+/m0/s1. The number of carbonyl (C=O) groups is 1. The molecule has 0 aromatic carbocycles. The molecule has 1 aliphatic carbocycles. The highest BCUT2D eigenvalue weighted by Gasteiger charge is 2.31. The first-order valence-corrected chi connectivity index (χ1v) is 8.59. The lowest BCUT2D eigenvalue weighted by Gasteiger charge is -2.24. The van der Waals surface area contributed by atoms with E-state index in [-0.39, 0.29) is 18.1 Å². The minimum absolute atomic E-state index is 0.151. The molecule has 2 amide bonds. The molecule has 1 saturated carbocycles. The van der Waals surface area contributed by atoms with E-state index in [0.29, 0.717) is 12.4 Å². The van der Waals surface area contributed by atoms with Crippen LogP contribution in [0, 0.1) is 0 Å². The fraction of sp³-hybridized carbons (Fsp3) is 0.706. The molecule has 2 fully saturated rings. The molecule has 0 unspecified atom stereocenters. The smallest absolute Gasteiger partial charge is 0.315 e. The van der Waals surface area contributed by atoms with Gasteiger partial charge in [0.15, 0.2) is 0 Å². The monoisotopic (exact) mass is 321 g/mol. The van der Waals surface area contributed by atoms with Crippen molar-refractivity contribution in [2.24, 2.45) is 0 Å². The lowest BCUT2D eigenvalue weighted by atomic mass is 10.2. The van der Waals surface area contributed by atoms with Gasteiger partial charge in [0.25, 0.3) is 0 Å². The number of hydrogen-bond donors (Lipinski definition) is 2. The van der Waals surface area contributed by atoms with Gasteiger partial charge in [0.1, 0.15) is 11.8 Å². The van der Waals surface area contributed by atoms with Crippen LogP contribution in [-0.4, -0.2) is 49.8 Å². The van der Waals surface area contributed by atoms with Gasteiger partial charge in [-0.05, 0) is 31.4 Å².